The van der Waals surface area contributed by atoms with E-state index in [2.05, 4.69) is 0 Å². The van der Waals surface area contributed by atoms with Crippen LogP contribution in [0.4, 0.5) is 5.69 Å². The summed E-state index contributed by atoms with van der Waals surface area (Å²) < 4.78 is 0. The minimum absolute atomic E-state index is 0.792. The molecule has 0 aromatic heterocycles. The van der Waals surface area contributed by atoms with Gasteiger partial charge in [0.15, 0.2) is 0 Å². The average molecular weight is 191 g/mol. The molecule has 0 bridgehead atoms. The highest BCUT2D eigenvalue weighted by molar-refractivity contribution is 5.74. The lowest BCUT2D eigenvalue weighted by Crippen LogP contribution is -2.41. The van der Waals surface area contributed by atoms with E-state index in [1.54, 1.807) is 0 Å². The van der Waals surface area contributed by atoms with Crippen LogP contribution in [0.5, 0.6) is 0 Å². The van der Waals surface area contributed by atoms with Crippen LogP contribution in [0.25, 0.3) is 0 Å². The van der Waals surface area contributed by atoms with Crippen LogP contribution in [0.1, 0.15) is 13.8 Å². The van der Waals surface area contributed by atoms with Gasteiger partial charge in [-0.1, -0.05) is 32.0 Å². The van der Waals surface area contributed by atoms with E-state index in [-0.39, 0.29) is 0 Å². The highest BCUT2D eigenvalue weighted by atomic mass is 16.1. The molecule has 0 aliphatic heterocycles. The van der Waals surface area contributed by atoms with Crippen LogP contribution in [0.3, 0.4) is 0 Å². The largest absolute Gasteiger partial charge is 0.332 e. The van der Waals surface area contributed by atoms with Crippen LogP contribution in [0.15, 0.2) is 30.3 Å². The van der Waals surface area contributed by atoms with E-state index in [1.807, 2.05) is 55.6 Å². The third kappa shape index (κ3) is 2.33. The van der Waals surface area contributed by atoms with Gasteiger partial charge in [-0.25, -0.2) is 10.0 Å². The summed E-state index contributed by atoms with van der Waals surface area (Å²) in [5, 5.41) is 3.43. The van der Waals surface area contributed by atoms with E-state index in [0.717, 1.165) is 18.8 Å². The molecular formula is C11H15N2O. The van der Waals surface area contributed by atoms with Crippen molar-refractivity contribution in [2.45, 2.75) is 13.8 Å². The van der Waals surface area contributed by atoms with Gasteiger partial charge in [-0.3, -0.25) is 4.79 Å². The van der Waals surface area contributed by atoms with Gasteiger partial charge in [-0.2, -0.15) is 0 Å². The molecule has 1 radical (unpaired) electrons. The second kappa shape index (κ2) is 5.40. The van der Waals surface area contributed by atoms with Crippen molar-refractivity contribution in [1.82, 2.24) is 5.01 Å². The van der Waals surface area contributed by atoms with Crippen molar-refractivity contribution in [3.05, 3.63) is 30.3 Å². The summed E-state index contributed by atoms with van der Waals surface area (Å²) in [5.74, 6) is 0. The summed E-state index contributed by atoms with van der Waals surface area (Å²) >= 11 is 0. The summed E-state index contributed by atoms with van der Waals surface area (Å²) in [6.45, 7) is 5.61. The average Bonchev–Trinajstić information content (AvgIpc) is 2.27. The van der Waals surface area contributed by atoms with E-state index < -0.39 is 0 Å². The van der Waals surface area contributed by atoms with E-state index in [1.165, 1.54) is 5.01 Å². The van der Waals surface area contributed by atoms with Gasteiger partial charge in [0, 0.05) is 13.1 Å². The first-order valence-corrected chi connectivity index (χ1v) is 4.81. The molecule has 3 nitrogen and oxygen atoms in total. The number of hydrazine groups is 1. The van der Waals surface area contributed by atoms with Gasteiger partial charge in [-0.05, 0) is 12.1 Å². The maximum atomic E-state index is 10.8. The number of carbonyl (C=O) groups excluding carboxylic acids is 1. The van der Waals surface area contributed by atoms with Gasteiger partial charge in [0.2, 0.25) is 0 Å². The van der Waals surface area contributed by atoms with Gasteiger partial charge >= 0.3 is 6.41 Å². The Morgan fingerprint density at radius 3 is 2.14 bits per heavy atom. The number of anilines is 1. The first-order chi connectivity index (χ1) is 6.83. The fourth-order valence-electron chi connectivity index (χ4n) is 1.35. The molecule has 0 unspecified atom stereocenters. The standard InChI is InChI=1S/C11H15N2O/c1-3-12(4-2)13(10-14)11-8-6-5-7-9-11/h5-9H,3-4H2,1-2H3. The molecule has 75 valence electrons. The Labute approximate surface area is 84.9 Å². The van der Waals surface area contributed by atoms with Crippen molar-refractivity contribution in [1.29, 1.82) is 0 Å². The molecule has 1 amide bonds. The smallest absolute Gasteiger partial charge is 0.261 e. The molecule has 0 heterocycles. The Morgan fingerprint density at radius 2 is 1.71 bits per heavy atom. The number of amides is 1. The Kier molecular flexibility index (Phi) is 4.13. The van der Waals surface area contributed by atoms with Crippen molar-refractivity contribution in [3.63, 3.8) is 0 Å². The number of nitrogens with zero attached hydrogens (tertiary/aromatic N) is 2. The molecule has 0 aliphatic carbocycles. The zero-order chi connectivity index (χ0) is 10.4. The molecule has 0 saturated carbocycles. The van der Waals surface area contributed by atoms with Crippen LogP contribution in [-0.2, 0) is 4.79 Å². The number of hydrogen-bond acceptors (Lipinski definition) is 2. The lowest BCUT2D eigenvalue weighted by Gasteiger charge is -2.28. The summed E-state index contributed by atoms with van der Waals surface area (Å²) in [7, 11) is 0. The molecule has 1 rings (SSSR count). The van der Waals surface area contributed by atoms with E-state index in [0.29, 0.717) is 0 Å². The first-order valence-electron chi connectivity index (χ1n) is 4.81. The van der Waals surface area contributed by atoms with Crippen molar-refractivity contribution in [3.8, 4) is 0 Å². The van der Waals surface area contributed by atoms with Gasteiger partial charge in [0.05, 0.1) is 5.69 Å². The van der Waals surface area contributed by atoms with Crippen LogP contribution >= 0.6 is 0 Å². The third-order valence-electron chi connectivity index (χ3n) is 2.10. The van der Waals surface area contributed by atoms with Gasteiger partial charge in [0.1, 0.15) is 0 Å². The Balaban J connectivity index is 2.86. The first kappa shape index (κ1) is 10.7. The second-order valence-electron chi connectivity index (χ2n) is 2.88. The van der Waals surface area contributed by atoms with Crippen LogP contribution in [0.2, 0.25) is 0 Å². The highest BCUT2D eigenvalue weighted by Crippen LogP contribution is 2.13. The Morgan fingerprint density at radius 1 is 1.14 bits per heavy atom. The molecule has 3 heteroatoms. The van der Waals surface area contributed by atoms with Crippen molar-refractivity contribution >= 4 is 12.1 Å². The maximum Gasteiger partial charge on any atom is 0.332 e. The lowest BCUT2D eigenvalue weighted by molar-refractivity contribution is 0.310. The molecule has 1 aromatic carbocycles. The fraction of sp³-hybridized carbons (Fsp3) is 0.364. The molecule has 0 atom stereocenters. The lowest BCUT2D eigenvalue weighted by atomic mass is 10.3. The molecule has 0 spiro atoms. The summed E-state index contributed by atoms with van der Waals surface area (Å²) in [6, 6.07) is 9.52. The van der Waals surface area contributed by atoms with E-state index in [9.17, 15) is 4.79 Å². The minimum atomic E-state index is 0.792. The van der Waals surface area contributed by atoms with Gasteiger partial charge < -0.3 is 0 Å². The third-order valence-corrected chi connectivity index (χ3v) is 2.10. The molecule has 0 N–H and O–H groups in total. The van der Waals surface area contributed by atoms with E-state index in [4.69, 9.17) is 0 Å². The predicted molar refractivity (Wildman–Crippen MR) is 57.5 cm³/mol. The number of benzene rings is 1. The topological polar surface area (TPSA) is 23.6 Å². The van der Waals surface area contributed by atoms with Crippen molar-refractivity contribution in [2.75, 3.05) is 18.1 Å². The number of hydrogen-bond donors (Lipinski definition) is 0. The Hall–Kier alpha value is -1.35. The fourth-order valence-corrected chi connectivity index (χ4v) is 1.35. The number of para-hydroxylation sites is 1. The molecular weight excluding hydrogens is 176 g/mol. The zero-order valence-electron chi connectivity index (χ0n) is 8.60. The predicted octanol–water partition coefficient (Wildman–Crippen LogP) is 1.82. The second-order valence-corrected chi connectivity index (χ2v) is 2.88. The van der Waals surface area contributed by atoms with Crippen LogP contribution in [-0.4, -0.2) is 24.5 Å². The summed E-state index contributed by atoms with van der Waals surface area (Å²) in [4.78, 5) is 10.8. The van der Waals surface area contributed by atoms with E-state index >= 15 is 0 Å². The maximum absolute atomic E-state index is 10.8. The molecule has 1 aromatic rings. The highest BCUT2D eigenvalue weighted by Gasteiger charge is 2.11. The summed E-state index contributed by atoms with van der Waals surface area (Å²) in [5.41, 5.74) is 0.853. The van der Waals surface area contributed by atoms with Crippen LogP contribution < -0.4 is 5.01 Å². The molecule has 0 saturated heterocycles. The Bertz CT molecular complexity index is 270. The van der Waals surface area contributed by atoms with Gasteiger partial charge in [0.25, 0.3) is 0 Å². The monoisotopic (exact) mass is 191 g/mol. The quantitative estimate of drug-likeness (QED) is 0.523. The van der Waals surface area contributed by atoms with Crippen molar-refractivity contribution in [2.24, 2.45) is 0 Å². The molecule has 0 fully saturated rings. The normalized spacial score (nSPS) is 10.2. The van der Waals surface area contributed by atoms with Crippen LogP contribution in [0, 0.1) is 0 Å². The molecule has 14 heavy (non-hydrogen) atoms. The summed E-state index contributed by atoms with van der Waals surface area (Å²) in [6.07, 6.45) is 1.93. The number of rotatable bonds is 5. The minimum Gasteiger partial charge on any atom is -0.261 e. The van der Waals surface area contributed by atoms with Gasteiger partial charge in [-0.15, -0.1) is 0 Å². The molecule has 0 aliphatic rings. The zero-order valence-corrected chi connectivity index (χ0v) is 8.60. The van der Waals surface area contributed by atoms with Crippen molar-refractivity contribution < 1.29 is 4.79 Å². The SMILES string of the molecule is CCN(CC)N([C]=O)c1ccccc1.